The Morgan fingerprint density at radius 2 is 1.90 bits per heavy atom. The Balaban J connectivity index is 1.44. The molecule has 152 valence electrons. The summed E-state index contributed by atoms with van der Waals surface area (Å²) in [5.41, 5.74) is 3.48. The summed E-state index contributed by atoms with van der Waals surface area (Å²) in [6.45, 7) is 0.376. The quantitative estimate of drug-likeness (QED) is 0.770. The molecule has 1 N–H and O–H groups in total. The minimum atomic E-state index is -0.640. The minimum absolute atomic E-state index is 0.0322. The molecule has 0 aromatic heterocycles. The Bertz CT molecular complexity index is 1100. The molecule has 8 heteroatoms. The van der Waals surface area contributed by atoms with Crippen LogP contribution in [0, 0.1) is 0 Å². The molecular weight excluding hydrogens is 406 g/mol. The summed E-state index contributed by atoms with van der Waals surface area (Å²) in [4.78, 5) is 41.4. The van der Waals surface area contributed by atoms with Crippen molar-refractivity contribution in [2.24, 2.45) is 0 Å². The van der Waals surface area contributed by atoms with Crippen LogP contribution in [0.4, 0.5) is 10.5 Å². The number of carbonyl (C=O) groups is 3. The highest BCUT2D eigenvalue weighted by molar-refractivity contribution is 6.30. The maximum Gasteiger partial charge on any atom is 0.338 e. The SMILES string of the molecule is O=C1OCC2=C1[C@H](c1ccc(Cl)cc1)NC(=O)N2CC(=O)N1CCc2ccccc21. The van der Waals surface area contributed by atoms with Crippen LogP contribution in [0.2, 0.25) is 5.02 Å². The number of cyclic esters (lactones) is 1. The molecule has 2 aromatic rings. The lowest BCUT2D eigenvalue weighted by Crippen LogP contribution is -2.51. The Morgan fingerprint density at radius 1 is 1.13 bits per heavy atom. The van der Waals surface area contributed by atoms with Gasteiger partial charge in [-0.05, 0) is 35.7 Å². The van der Waals surface area contributed by atoms with Crippen LogP contribution in [-0.4, -0.2) is 42.5 Å². The van der Waals surface area contributed by atoms with Gasteiger partial charge in [0.15, 0.2) is 0 Å². The summed E-state index contributed by atoms with van der Waals surface area (Å²) in [6, 6.07) is 13.6. The lowest BCUT2D eigenvalue weighted by atomic mass is 9.96. The number of rotatable bonds is 3. The summed E-state index contributed by atoms with van der Waals surface area (Å²) in [7, 11) is 0. The van der Waals surface area contributed by atoms with Gasteiger partial charge in [-0.15, -0.1) is 0 Å². The van der Waals surface area contributed by atoms with E-state index in [1.807, 2.05) is 24.3 Å². The third-order valence-corrected chi connectivity index (χ3v) is 5.94. The molecule has 0 bridgehead atoms. The number of nitrogens with one attached hydrogen (secondary N) is 1. The standard InChI is InChI=1S/C22H18ClN3O4/c23-15-7-5-14(6-8-15)20-19-17(12-30-21(19)28)26(22(29)24-20)11-18(27)25-10-9-13-3-1-2-4-16(13)25/h1-8,20H,9-12H2,(H,24,29)/t20-/m0/s1. The van der Waals surface area contributed by atoms with Crippen LogP contribution in [0.3, 0.4) is 0 Å². The fourth-order valence-electron chi connectivity index (χ4n) is 4.20. The van der Waals surface area contributed by atoms with Gasteiger partial charge in [0.2, 0.25) is 5.91 Å². The second-order valence-corrected chi connectivity index (χ2v) is 7.82. The molecule has 0 saturated carbocycles. The first-order valence-corrected chi connectivity index (χ1v) is 10.0. The number of anilines is 1. The number of hydrogen-bond donors (Lipinski definition) is 1. The van der Waals surface area contributed by atoms with E-state index < -0.39 is 18.0 Å². The van der Waals surface area contributed by atoms with Gasteiger partial charge in [0.05, 0.1) is 17.3 Å². The van der Waals surface area contributed by atoms with Gasteiger partial charge in [-0.3, -0.25) is 9.69 Å². The van der Waals surface area contributed by atoms with E-state index in [4.69, 9.17) is 16.3 Å². The van der Waals surface area contributed by atoms with Crippen LogP contribution in [0.25, 0.3) is 0 Å². The fraction of sp³-hybridized carbons (Fsp3) is 0.227. The monoisotopic (exact) mass is 423 g/mol. The lowest BCUT2D eigenvalue weighted by molar-refractivity contribution is -0.136. The zero-order valence-corrected chi connectivity index (χ0v) is 16.7. The van der Waals surface area contributed by atoms with E-state index in [1.54, 1.807) is 29.2 Å². The molecule has 3 aliphatic rings. The maximum absolute atomic E-state index is 13.0. The predicted molar refractivity (Wildman–Crippen MR) is 110 cm³/mol. The average molecular weight is 424 g/mol. The first-order chi connectivity index (χ1) is 14.5. The van der Waals surface area contributed by atoms with E-state index in [2.05, 4.69) is 5.32 Å². The fourth-order valence-corrected chi connectivity index (χ4v) is 4.33. The van der Waals surface area contributed by atoms with Crippen molar-refractivity contribution in [3.8, 4) is 0 Å². The van der Waals surface area contributed by atoms with Crippen molar-refractivity contribution in [2.75, 3.05) is 24.6 Å². The topological polar surface area (TPSA) is 79.0 Å². The molecule has 3 heterocycles. The first kappa shape index (κ1) is 18.7. The van der Waals surface area contributed by atoms with Gasteiger partial charge in [-0.1, -0.05) is 41.9 Å². The van der Waals surface area contributed by atoms with Crippen molar-refractivity contribution < 1.29 is 19.1 Å². The van der Waals surface area contributed by atoms with Crippen molar-refractivity contribution in [2.45, 2.75) is 12.5 Å². The number of halogens is 1. The third kappa shape index (κ3) is 3.02. The third-order valence-electron chi connectivity index (χ3n) is 5.68. The van der Waals surface area contributed by atoms with Gasteiger partial charge < -0.3 is 15.0 Å². The van der Waals surface area contributed by atoms with Gasteiger partial charge in [0.25, 0.3) is 0 Å². The smallest absolute Gasteiger partial charge is 0.338 e. The second-order valence-electron chi connectivity index (χ2n) is 7.38. The van der Waals surface area contributed by atoms with Gasteiger partial charge >= 0.3 is 12.0 Å². The van der Waals surface area contributed by atoms with E-state index in [1.165, 1.54) is 4.90 Å². The summed E-state index contributed by atoms with van der Waals surface area (Å²) in [5.74, 6) is -0.694. The number of fused-ring (bicyclic) bond motifs is 1. The molecule has 3 amide bonds. The van der Waals surface area contributed by atoms with E-state index in [0.717, 1.165) is 23.2 Å². The highest BCUT2D eigenvalue weighted by Gasteiger charge is 2.43. The zero-order chi connectivity index (χ0) is 20.8. The molecule has 0 saturated heterocycles. The molecule has 3 aliphatic heterocycles. The van der Waals surface area contributed by atoms with Crippen molar-refractivity contribution in [3.63, 3.8) is 0 Å². The van der Waals surface area contributed by atoms with Crippen molar-refractivity contribution in [1.82, 2.24) is 10.2 Å². The molecule has 0 unspecified atom stereocenters. The number of hydrogen-bond acceptors (Lipinski definition) is 4. The van der Waals surface area contributed by atoms with E-state index in [9.17, 15) is 14.4 Å². The zero-order valence-electron chi connectivity index (χ0n) is 15.9. The van der Waals surface area contributed by atoms with Gasteiger partial charge in [0.1, 0.15) is 13.2 Å². The molecule has 5 rings (SSSR count). The van der Waals surface area contributed by atoms with Crippen LogP contribution in [0.5, 0.6) is 0 Å². The number of urea groups is 1. The molecular formula is C22H18ClN3O4. The Labute approximate surface area is 177 Å². The number of nitrogens with zero attached hydrogens (tertiary/aromatic N) is 2. The number of benzene rings is 2. The second kappa shape index (κ2) is 7.18. The molecule has 30 heavy (non-hydrogen) atoms. The molecule has 1 atom stereocenters. The van der Waals surface area contributed by atoms with E-state index >= 15 is 0 Å². The molecule has 0 spiro atoms. The van der Waals surface area contributed by atoms with Crippen LogP contribution in [0.15, 0.2) is 59.8 Å². The first-order valence-electron chi connectivity index (χ1n) is 9.65. The number of carbonyl (C=O) groups excluding carboxylic acids is 3. The highest BCUT2D eigenvalue weighted by Crippen LogP contribution is 2.36. The largest absolute Gasteiger partial charge is 0.456 e. The molecule has 2 aromatic carbocycles. The van der Waals surface area contributed by atoms with Gasteiger partial charge in [-0.25, -0.2) is 9.59 Å². The van der Waals surface area contributed by atoms with Crippen LogP contribution in [0.1, 0.15) is 17.2 Å². The number of ether oxygens (including phenoxy) is 1. The van der Waals surface area contributed by atoms with Crippen LogP contribution in [-0.2, 0) is 20.7 Å². The Morgan fingerprint density at radius 3 is 2.70 bits per heavy atom. The normalized spacial score (nSPS) is 20.1. The molecule has 0 radical (unpaired) electrons. The van der Waals surface area contributed by atoms with Crippen LogP contribution >= 0.6 is 11.6 Å². The maximum atomic E-state index is 13.0. The molecule has 7 nitrogen and oxygen atoms in total. The molecule has 0 aliphatic carbocycles. The van der Waals surface area contributed by atoms with Gasteiger partial charge in [0, 0.05) is 17.3 Å². The number of amides is 3. The summed E-state index contributed by atoms with van der Waals surface area (Å²) in [6.07, 6.45) is 0.780. The molecule has 0 fully saturated rings. The highest BCUT2D eigenvalue weighted by atomic mass is 35.5. The number of para-hydroxylation sites is 1. The van der Waals surface area contributed by atoms with Crippen molar-refractivity contribution >= 4 is 35.2 Å². The van der Waals surface area contributed by atoms with Gasteiger partial charge in [-0.2, -0.15) is 0 Å². The van der Waals surface area contributed by atoms with Crippen molar-refractivity contribution in [3.05, 3.63) is 76.0 Å². The number of esters is 1. The average Bonchev–Trinajstić information content (AvgIpc) is 3.34. The summed E-state index contributed by atoms with van der Waals surface area (Å²) < 4.78 is 5.22. The Hall–Kier alpha value is -3.32. The van der Waals surface area contributed by atoms with E-state index in [-0.39, 0.29) is 19.1 Å². The Kier molecular flexibility index (Phi) is 4.47. The lowest BCUT2D eigenvalue weighted by Gasteiger charge is -2.33. The van der Waals surface area contributed by atoms with E-state index in [0.29, 0.717) is 22.8 Å². The predicted octanol–water partition coefficient (Wildman–Crippen LogP) is 2.81. The van der Waals surface area contributed by atoms with Crippen LogP contribution < -0.4 is 10.2 Å². The summed E-state index contributed by atoms with van der Waals surface area (Å²) >= 11 is 5.96. The van der Waals surface area contributed by atoms with Crippen molar-refractivity contribution in [1.29, 1.82) is 0 Å². The summed E-state index contributed by atoms with van der Waals surface area (Å²) in [5, 5.41) is 3.39. The minimum Gasteiger partial charge on any atom is -0.456 e.